The van der Waals surface area contributed by atoms with Gasteiger partial charge in [0.2, 0.25) is 0 Å². The Kier molecular flexibility index (Phi) is 3.41. The molecule has 0 aliphatic heterocycles. The number of halogens is 2. The van der Waals surface area contributed by atoms with Gasteiger partial charge in [0.05, 0.1) is 17.1 Å². The quantitative estimate of drug-likeness (QED) is 0.839. The van der Waals surface area contributed by atoms with Crippen LogP contribution in [0.2, 0.25) is 0 Å². The Morgan fingerprint density at radius 3 is 2.77 bits per heavy atom. The van der Waals surface area contributed by atoms with Gasteiger partial charge in [-0.05, 0) is 34.5 Å². The van der Waals surface area contributed by atoms with Gasteiger partial charge in [-0.15, -0.1) is 0 Å². The van der Waals surface area contributed by atoms with Crippen molar-refractivity contribution < 1.29 is 9.50 Å². The first kappa shape index (κ1) is 10.6. The van der Waals surface area contributed by atoms with E-state index in [0.29, 0.717) is 10.0 Å². The lowest BCUT2D eigenvalue weighted by molar-refractivity contribution is 0.265. The number of aryl methyl sites for hydroxylation is 1. The molecule has 0 amide bonds. The largest absolute Gasteiger partial charge is 0.394 e. The highest BCUT2D eigenvalue weighted by Gasteiger charge is 2.13. The third kappa shape index (κ3) is 2.27. The van der Waals surface area contributed by atoms with Crippen LogP contribution >= 0.6 is 15.9 Å². The first-order valence-corrected chi connectivity index (χ1v) is 4.67. The Labute approximate surface area is 84.7 Å². The van der Waals surface area contributed by atoms with Crippen molar-refractivity contribution in [2.24, 2.45) is 5.73 Å². The molecule has 0 aliphatic rings. The van der Waals surface area contributed by atoms with E-state index in [1.54, 1.807) is 12.1 Å². The number of nitrogens with two attached hydrogens (primary N) is 1. The van der Waals surface area contributed by atoms with Crippen molar-refractivity contribution in [1.29, 1.82) is 0 Å². The van der Waals surface area contributed by atoms with Crippen LogP contribution in [0.25, 0.3) is 0 Å². The summed E-state index contributed by atoms with van der Waals surface area (Å²) in [6.07, 6.45) is 0. The molecule has 0 heterocycles. The molecule has 4 heteroatoms. The summed E-state index contributed by atoms with van der Waals surface area (Å²) in [5.41, 5.74) is 6.77. The second-order valence-corrected chi connectivity index (χ2v) is 3.79. The van der Waals surface area contributed by atoms with Crippen molar-refractivity contribution in [1.82, 2.24) is 0 Å². The van der Waals surface area contributed by atoms with Gasteiger partial charge in [0.25, 0.3) is 0 Å². The first-order chi connectivity index (χ1) is 6.06. The minimum atomic E-state index is -0.656. The molecule has 1 aromatic carbocycles. The van der Waals surface area contributed by atoms with E-state index in [4.69, 9.17) is 10.8 Å². The summed E-state index contributed by atoms with van der Waals surface area (Å²) in [7, 11) is 0. The van der Waals surface area contributed by atoms with Crippen LogP contribution in [0.4, 0.5) is 4.39 Å². The molecule has 0 aromatic heterocycles. The standard InChI is InChI=1S/C9H11BrFNO/c1-5-2-6(8(12)4-13)9(11)7(10)3-5/h2-3,8,13H,4,12H2,1H3. The van der Waals surface area contributed by atoms with Gasteiger partial charge < -0.3 is 10.8 Å². The number of rotatable bonds is 2. The normalized spacial score (nSPS) is 13.0. The third-order valence-corrected chi connectivity index (χ3v) is 2.37. The second kappa shape index (κ2) is 4.17. The zero-order valence-corrected chi connectivity index (χ0v) is 8.81. The Bertz CT molecular complexity index is 317. The van der Waals surface area contributed by atoms with E-state index in [1.807, 2.05) is 6.92 Å². The molecule has 13 heavy (non-hydrogen) atoms. The summed E-state index contributed by atoms with van der Waals surface area (Å²) in [6.45, 7) is 1.59. The molecule has 0 bridgehead atoms. The zero-order valence-electron chi connectivity index (χ0n) is 7.22. The van der Waals surface area contributed by atoms with E-state index >= 15 is 0 Å². The van der Waals surface area contributed by atoms with Crippen LogP contribution in [0.5, 0.6) is 0 Å². The van der Waals surface area contributed by atoms with E-state index < -0.39 is 11.9 Å². The van der Waals surface area contributed by atoms with Gasteiger partial charge in [0, 0.05) is 5.56 Å². The van der Waals surface area contributed by atoms with Crippen LogP contribution in [-0.2, 0) is 0 Å². The summed E-state index contributed by atoms with van der Waals surface area (Å²) >= 11 is 3.08. The van der Waals surface area contributed by atoms with Gasteiger partial charge >= 0.3 is 0 Å². The lowest BCUT2D eigenvalue weighted by Crippen LogP contribution is -2.16. The minimum Gasteiger partial charge on any atom is -0.394 e. The van der Waals surface area contributed by atoms with Crippen molar-refractivity contribution >= 4 is 15.9 Å². The lowest BCUT2D eigenvalue weighted by atomic mass is 10.1. The summed E-state index contributed by atoms with van der Waals surface area (Å²) in [5, 5.41) is 8.79. The van der Waals surface area contributed by atoms with Crippen molar-refractivity contribution in [3.8, 4) is 0 Å². The Morgan fingerprint density at radius 1 is 1.62 bits per heavy atom. The summed E-state index contributed by atoms with van der Waals surface area (Å²) in [5.74, 6) is -0.396. The summed E-state index contributed by atoms with van der Waals surface area (Å²) in [4.78, 5) is 0. The average molecular weight is 248 g/mol. The SMILES string of the molecule is Cc1cc(Br)c(F)c(C(N)CO)c1. The molecular weight excluding hydrogens is 237 g/mol. The van der Waals surface area contributed by atoms with Gasteiger partial charge in [0.1, 0.15) is 5.82 Å². The summed E-state index contributed by atoms with van der Waals surface area (Å²) in [6, 6.07) is 2.65. The van der Waals surface area contributed by atoms with Gasteiger partial charge in [-0.25, -0.2) is 4.39 Å². The monoisotopic (exact) mass is 247 g/mol. The van der Waals surface area contributed by atoms with Gasteiger partial charge in [-0.3, -0.25) is 0 Å². The molecule has 1 unspecified atom stereocenters. The molecule has 0 fully saturated rings. The lowest BCUT2D eigenvalue weighted by Gasteiger charge is -2.11. The van der Waals surface area contributed by atoms with Crippen molar-refractivity contribution in [3.63, 3.8) is 0 Å². The average Bonchev–Trinajstić information content (AvgIpc) is 2.10. The molecule has 0 radical (unpaired) electrons. The van der Waals surface area contributed by atoms with E-state index in [9.17, 15) is 4.39 Å². The Morgan fingerprint density at radius 2 is 2.23 bits per heavy atom. The van der Waals surface area contributed by atoms with Crippen LogP contribution in [-0.4, -0.2) is 11.7 Å². The van der Waals surface area contributed by atoms with Crippen LogP contribution in [0.3, 0.4) is 0 Å². The Balaban J connectivity index is 3.20. The molecule has 0 saturated heterocycles. The molecule has 2 nitrogen and oxygen atoms in total. The van der Waals surface area contributed by atoms with E-state index in [2.05, 4.69) is 15.9 Å². The molecule has 1 aromatic rings. The molecule has 72 valence electrons. The fraction of sp³-hybridized carbons (Fsp3) is 0.333. The van der Waals surface area contributed by atoms with Crippen LogP contribution in [0.1, 0.15) is 17.2 Å². The van der Waals surface area contributed by atoms with Gasteiger partial charge in [-0.1, -0.05) is 6.07 Å². The van der Waals surface area contributed by atoms with E-state index in [0.717, 1.165) is 5.56 Å². The van der Waals surface area contributed by atoms with Crippen molar-refractivity contribution in [2.45, 2.75) is 13.0 Å². The maximum atomic E-state index is 13.4. The fourth-order valence-corrected chi connectivity index (χ4v) is 1.71. The smallest absolute Gasteiger partial charge is 0.142 e. The molecule has 0 saturated carbocycles. The molecule has 0 aliphatic carbocycles. The molecule has 1 atom stereocenters. The van der Waals surface area contributed by atoms with Crippen LogP contribution < -0.4 is 5.73 Å². The number of aliphatic hydroxyl groups is 1. The molecule has 1 rings (SSSR count). The maximum absolute atomic E-state index is 13.4. The molecular formula is C9H11BrFNO. The Hall–Kier alpha value is -0.450. The topological polar surface area (TPSA) is 46.2 Å². The zero-order chi connectivity index (χ0) is 10.0. The highest BCUT2D eigenvalue weighted by Crippen LogP contribution is 2.24. The molecule has 0 spiro atoms. The second-order valence-electron chi connectivity index (χ2n) is 2.94. The number of hydrogen-bond donors (Lipinski definition) is 2. The third-order valence-electron chi connectivity index (χ3n) is 1.80. The predicted molar refractivity (Wildman–Crippen MR) is 52.9 cm³/mol. The van der Waals surface area contributed by atoms with Crippen molar-refractivity contribution in [2.75, 3.05) is 6.61 Å². The van der Waals surface area contributed by atoms with Gasteiger partial charge in [-0.2, -0.15) is 0 Å². The van der Waals surface area contributed by atoms with E-state index in [1.165, 1.54) is 0 Å². The van der Waals surface area contributed by atoms with Crippen LogP contribution in [0, 0.1) is 12.7 Å². The fourth-order valence-electron chi connectivity index (χ4n) is 1.12. The number of aliphatic hydroxyl groups excluding tert-OH is 1. The highest BCUT2D eigenvalue weighted by molar-refractivity contribution is 9.10. The summed E-state index contributed by atoms with van der Waals surface area (Å²) < 4.78 is 13.8. The molecule has 3 N–H and O–H groups in total. The highest BCUT2D eigenvalue weighted by atomic mass is 79.9. The minimum absolute atomic E-state index is 0.257. The van der Waals surface area contributed by atoms with Crippen molar-refractivity contribution in [3.05, 3.63) is 33.5 Å². The van der Waals surface area contributed by atoms with E-state index in [-0.39, 0.29) is 6.61 Å². The first-order valence-electron chi connectivity index (χ1n) is 3.88. The number of hydrogen-bond acceptors (Lipinski definition) is 2. The predicted octanol–water partition coefficient (Wildman–Crippen LogP) is 1.89. The van der Waals surface area contributed by atoms with Gasteiger partial charge in [0.15, 0.2) is 0 Å². The maximum Gasteiger partial charge on any atom is 0.142 e. The van der Waals surface area contributed by atoms with Crippen LogP contribution in [0.15, 0.2) is 16.6 Å². The number of benzene rings is 1.